The van der Waals surface area contributed by atoms with Crippen LogP contribution in [0.5, 0.6) is 0 Å². The molecule has 0 amide bonds. The fraction of sp³-hybridized carbons (Fsp3) is 0.650. The molecule has 0 N–H and O–H groups in total. The van der Waals surface area contributed by atoms with Crippen molar-refractivity contribution in [3.63, 3.8) is 0 Å². The van der Waals surface area contributed by atoms with Crippen LogP contribution < -0.4 is 5.11 Å². The van der Waals surface area contributed by atoms with Gasteiger partial charge >= 0.3 is 11.9 Å². The normalized spacial score (nSPS) is 13.7. The van der Waals surface area contributed by atoms with E-state index in [2.05, 4.69) is 123 Å². The number of ether oxygens (including phenoxy) is 4. The van der Waals surface area contributed by atoms with Crippen LogP contribution in [-0.2, 0) is 33.3 Å². The van der Waals surface area contributed by atoms with Crippen LogP contribution >= 0.6 is 0 Å². The predicted octanol–water partition coefficient (Wildman–Crippen LogP) is 14.2. The first kappa shape index (κ1) is 65.0. The van der Waals surface area contributed by atoms with Crippen LogP contribution in [0.3, 0.4) is 0 Å². The number of hydrogen-bond donors (Lipinski definition) is 0. The lowest BCUT2D eigenvalue weighted by atomic mass is 10.1. The molecule has 2 atom stereocenters. The molecule has 9 nitrogen and oxygen atoms in total. The summed E-state index contributed by atoms with van der Waals surface area (Å²) in [5, 5.41) is 11.7. The number of carboxylic acids is 1. The van der Waals surface area contributed by atoms with E-state index in [1.807, 2.05) is 21.1 Å². The van der Waals surface area contributed by atoms with Gasteiger partial charge in [0.15, 0.2) is 12.4 Å². The van der Waals surface area contributed by atoms with Crippen molar-refractivity contribution < 1.29 is 42.9 Å². The van der Waals surface area contributed by atoms with Gasteiger partial charge in [0, 0.05) is 12.8 Å². The van der Waals surface area contributed by atoms with Crippen molar-refractivity contribution >= 4 is 17.9 Å². The summed E-state index contributed by atoms with van der Waals surface area (Å²) in [5.74, 6) is -2.36. The van der Waals surface area contributed by atoms with Crippen LogP contribution in [-0.4, -0.2) is 82.3 Å². The number of carbonyl (C=O) groups is 3. The van der Waals surface area contributed by atoms with E-state index in [-0.39, 0.29) is 38.6 Å². The topological polar surface area (TPSA) is 111 Å². The molecule has 0 spiro atoms. The molecular formula is C60H99NO8. The summed E-state index contributed by atoms with van der Waals surface area (Å²) in [7, 11) is 5.89. The number of carboxylic acid groups (broad SMARTS) is 1. The van der Waals surface area contributed by atoms with Crippen LogP contribution in [0.25, 0.3) is 0 Å². The Morgan fingerprint density at radius 3 is 1.28 bits per heavy atom. The molecule has 0 aromatic carbocycles. The minimum Gasteiger partial charge on any atom is -0.545 e. The molecule has 69 heavy (non-hydrogen) atoms. The maximum absolute atomic E-state index is 12.8. The number of nitrogens with zero attached hydrogens (tertiary/aromatic N) is 1. The van der Waals surface area contributed by atoms with E-state index in [1.54, 1.807) is 0 Å². The molecule has 0 bridgehead atoms. The first-order valence-corrected chi connectivity index (χ1v) is 27.0. The zero-order valence-corrected chi connectivity index (χ0v) is 44.4. The first-order chi connectivity index (χ1) is 33.6. The summed E-state index contributed by atoms with van der Waals surface area (Å²) in [6, 6.07) is 0. The number of hydrogen-bond acceptors (Lipinski definition) is 8. The van der Waals surface area contributed by atoms with Crippen LogP contribution in [0.4, 0.5) is 0 Å². The Morgan fingerprint density at radius 1 is 0.449 bits per heavy atom. The highest BCUT2D eigenvalue weighted by molar-refractivity contribution is 5.70. The molecule has 0 rings (SSSR count). The van der Waals surface area contributed by atoms with Crippen molar-refractivity contribution in [1.29, 1.82) is 0 Å². The molecule has 0 aromatic rings. The Balaban J connectivity index is 4.44. The summed E-state index contributed by atoms with van der Waals surface area (Å²) in [5.41, 5.74) is 0. The molecule has 0 fully saturated rings. The second-order valence-corrected chi connectivity index (χ2v) is 18.8. The highest BCUT2D eigenvalue weighted by Crippen LogP contribution is 2.13. The Bertz CT molecular complexity index is 1490. The second-order valence-electron chi connectivity index (χ2n) is 18.8. The van der Waals surface area contributed by atoms with Gasteiger partial charge in [-0.05, 0) is 103 Å². The van der Waals surface area contributed by atoms with E-state index >= 15 is 0 Å². The summed E-state index contributed by atoms with van der Waals surface area (Å²) in [4.78, 5) is 37.2. The van der Waals surface area contributed by atoms with Gasteiger partial charge in [0.25, 0.3) is 0 Å². The molecule has 0 radical (unpaired) electrons. The van der Waals surface area contributed by atoms with E-state index in [4.69, 9.17) is 18.9 Å². The van der Waals surface area contributed by atoms with Gasteiger partial charge in [0.05, 0.1) is 40.3 Å². The molecule has 0 heterocycles. The van der Waals surface area contributed by atoms with Gasteiger partial charge in [0.1, 0.15) is 13.2 Å². The van der Waals surface area contributed by atoms with Crippen LogP contribution in [0.1, 0.15) is 194 Å². The summed E-state index contributed by atoms with van der Waals surface area (Å²) >= 11 is 0. The van der Waals surface area contributed by atoms with Gasteiger partial charge < -0.3 is 33.3 Å². The summed E-state index contributed by atoms with van der Waals surface area (Å²) < 4.78 is 22.6. The van der Waals surface area contributed by atoms with Gasteiger partial charge in [-0.25, -0.2) is 0 Å². The van der Waals surface area contributed by atoms with Crippen molar-refractivity contribution in [2.24, 2.45) is 0 Å². The number of esters is 2. The molecule has 0 aromatic heterocycles. The quantitative estimate of drug-likeness (QED) is 0.0195. The maximum Gasteiger partial charge on any atom is 0.306 e. The summed E-state index contributed by atoms with van der Waals surface area (Å²) in [6.45, 7) is 4.55. The average molecular weight is 962 g/mol. The second kappa shape index (κ2) is 50.3. The van der Waals surface area contributed by atoms with Gasteiger partial charge in [-0.1, -0.05) is 187 Å². The van der Waals surface area contributed by atoms with Crippen molar-refractivity contribution in [2.75, 3.05) is 47.5 Å². The zero-order chi connectivity index (χ0) is 50.6. The van der Waals surface area contributed by atoms with E-state index in [1.165, 1.54) is 64.2 Å². The molecule has 2 unspecified atom stereocenters. The maximum atomic E-state index is 12.8. The molecule has 0 saturated heterocycles. The fourth-order valence-corrected chi connectivity index (χ4v) is 6.84. The van der Waals surface area contributed by atoms with Crippen LogP contribution in [0, 0.1) is 0 Å². The van der Waals surface area contributed by atoms with Gasteiger partial charge in [0.2, 0.25) is 0 Å². The van der Waals surface area contributed by atoms with E-state index in [0.717, 1.165) is 96.3 Å². The van der Waals surface area contributed by atoms with Gasteiger partial charge in [-0.15, -0.1) is 0 Å². The standard InChI is InChI=1S/C60H99NO8/c1-6-8-10-12-14-16-18-20-22-24-25-26-27-28-29-30-31-32-33-35-37-39-41-43-45-47-49-51-58(63)69-56(55-68-60(59(64)65)66-53-52-61(3,4)5)54-67-57(62)50-48-46-44-42-40-38-36-34-23-21-19-17-15-13-11-9-7-2/h8,10,14,16,20-23,25-26,28-29,31-32,35,37,41,43,56,60H,6-7,9,11-13,15,17-19,24,27,30,33-34,36,38-40,42,44-55H2,1-5H3/b10-8-,16-14-,22-20-,23-21-,26-25-,29-28-,32-31-,37-35-,43-41-. The predicted molar refractivity (Wildman–Crippen MR) is 287 cm³/mol. The largest absolute Gasteiger partial charge is 0.545 e. The van der Waals surface area contributed by atoms with Crippen molar-refractivity contribution in [3.05, 3.63) is 109 Å². The number of unbranched alkanes of at least 4 members (excludes halogenated alkanes) is 15. The molecule has 0 aliphatic rings. The minimum absolute atomic E-state index is 0.132. The van der Waals surface area contributed by atoms with E-state index in [0.29, 0.717) is 17.4 Å². The van der Waals surface area contributed by atoms with Crippen molar-refractivity contribution in [3.8, 4) is 0 Å². The SMILES string of the molecule is CC/C=C\C/C=C\C/C=C\C/C=C\C/C=C\C/C=C\C/C=C\C/C=C\CCCCC(=O)OC(COC(=O)CCCCCCCCC/C=C\CCCCCCCC)COC(OCC[N+](C)(C)C)C(=O)[O-]. The number of rotatable bonds is 48. The number of allylic oxidation sites excluding steroid dienone is 18. The Labute approximate surface area is 422 Å². The highest BCUT2D eigenvalue weighted by Gasteiger charge is 2.21. The third-order valence-electron chi connectivity index (χ3n) is 11.0. The molecule has 0 aliphatic carbocycles. The van der Waals surface area contributed by atoms with Crippen LogP contribution in [0.2, 0.25) is 0 Å². The van der Waals surface area contributed by atoms with Gasteiger partial charge in [-0.2, -0.15) is 0 Å². The molecule has 0 aliphatic heterocycles. The lowest BCUT2D eigenvalue weighted by Crippen LogP contribution is -2.44. The molecular weight excluding hydrogens is 863 g/mol. The average Bonchev–Trinajstić information content (AvgIpc) is 3.31. The number of aliphatic carboxylic acids is 1. The number of quaternary nitrogens is 1. The van der Waals surface area contributed by atoms with Crippen molar-refractivity contribution in [1.82, 2.24) is 0 Å². The molecule has 392 valence electrons. The zero-order valence-electron chi connectivity index (χ0n) is 44.4. The molecule has 0 saturated carbocycles. The lowest BCUT2D eigenvalue weighted by Gasteiger charge is -2.26. The molecule has 9 heteroatoms. The Kier molecular flexibility index (Phi) is 47.4. The third-order valence-corrected chi connectivity index (χ3v) is 11.0. The lowest BCUT2D eigenvalue weighted by molar-refractivity contribution is -0.870. The van der Waals surface area contributed by atoms with Crippen molar-refractivity contribution in [2.45, 2.75) is 206 Å². The Morgan fingerprint density at radius 2 is 0.826 bits per heavy atom. The monoisotopic (exact) mass is 962 g/mol. The number of likely N-dealkylation sites (N-methyl/N-ethyl adjacent to an activating group) is 1. The first-order valence-electron chi connectivity index (χ1n) is 27.0. The smallest absolute Gasteiger partial charge is 0.306 e. The van der Waals surface area contributed by atoms with E-state index in [9.17, 15) is 19.5 Å². The highest BCUT2D eigenvalue weighted by atomic mass is 16.7. The summed E-state index contributed by atoms with van der Waals surface area (Å²) in [6.07, 6.45) is 65.6. The minimum atomic E-state index is -1.64. The number of carbonyl (C=O) groups excluding carboxylic acids is 3. The third kappa shape index (κ3) is 51.6. The fourth-order valence-electron chi connectivity index (χ4n) is 6.84. The Hall–Kier alpha value is -4.05. The van der Waals surface area contributed by atoms with E-state index < -0.39 is 24.3 Å². The van der Waals surface area contributed by atoms with Gasteiger partial charge in [-0.3, -0.25) is 9.59 Å². The van der Waals surface area contributed by atoms with Crippen LogP contribution in [0.15, 0.2) is 109 Å².